The molecule has 4 N–H and O–H groups in total. The Kier molecular flexibility index (Phi) is 3.83. The molecule has 1 aromatic carbocycles. The predicted octanol–water partition coefficient (Wildman–Crippen LogP) is 1.40. The van der Waals surface area contributed by atoms with E-state index in [-0.39, 0.29) is 12.3 Å². The molecule has 0 radical (unpaired) electrons. The summed E-state index contributed by atoms with van der Waals surface area (Å²) in [6.07, 6.45) is 2.22. The van der Waals surface area contributed by atoms with E-state index in [9.17, 15) is 9.59 Å². The molecule has 0 unspecified atom stereocenters. The van der Waals surface area contributed by atoms with E-state index in [0.717, 1.165) is 6.42 Å². The summed E-state index contributed by atoms with van der Waals surface area (Å²) in [5.74, 6) is -0.679. The van der Waals surface area contributed by atoms with Gasteiger partial charge in [0.25, 0.3) is 5.91 Å². The van der Waals surface area contributed by atoms with E-state index < -0.39 is 11.5 Å². The summed E-state index contributed by atoms with van der Waals surface area (Å²) in [6.45, 7) is 0. The first-order valence-electron chi connectivity index (χ1n) is 6.44. The monoisotopic (exact) mass is 278 g/mol. The van der Waals surface area contributed by atoms with Gasteiger partial charge in [0.1, 0.15) is 5.75 Å². The molecule has 1 amide bonds. The van der Waals surface area contributed by atoms with Crippen molar-refractivity contribution in [3.8, 4) is 5.75 Å². The number of benzene rings is 1. The normalized spacial score (nSPS) is 16.1. The maximum Gasteiger partial charge on any atom is 0.305 e. The van der Waals surface area contributed by atoms with E-state index in [1.54, 1.807) is 18.2 Å². The number of rotatable bonds is 5. The zero-order valence-electron chi connectivity index (χ0n) is 11.3. The lowest BCUT2D eigenvalue weighted by atomic mass is 9.74. The molecular formula is C14H18N2O4. The third-order valence-electron chi connectivity index (χ3n) is 3.68. The molecule has 0 spiro atoms. The van der Waals surface area contributed by atoms with E-state index in [2.05, 4.69) is 5.32 Å². The number of amides is 1. The van der Waals surface area contributed by atoms with Crippen LogP contribution in [0.25, 0.3) is 0 Å². The number of nitrogen functional groups attached to an aromatic ring is 1. The second-order valence-corrected chi connectivity index (χ2v) is 5.11. The van der Waals surface area contributed by atoms with E-state index >= 15 is 0 Å². The molecule has 0 saturated heterocycles. The Morgan fingerprint density at radius 3 is 2.60 bits per heavy atom. The fourth-order valence-electron chi connectivity index (χ4n) is 2.42. The van der Waals surface area contributed by atoms with E-state index in [0.29, 0.717) is 29.8 Å². The molecule has 1 aliphatic carbocycles. The molecule has 1 aliphatic rings. The summed E-state index contributed by atoms with van der Waals surface area (Å²) < 4.78 is 5.03. The number of ether oxygens (including phenoxy) is 1. The Morgan fingerprint density at radius 2 is 2.15 bits per heavy atom. The van der Waals surface area contributed by atoms with E-state index in [4.69, 9.17) is 15.6 Å². The number of hydrogen-bond donors (Lipinski definition) is 3. The number of hydrogen-bond acceptors (Lipinski definition) is 4. The van der Waals surface area contributed by atoms with Gasteiger partial charge in [-0.15, -0.1) is 0 Å². The van der Waals surface area contributed by atoms with Crippen LogP contribution in [0.15, 0.2) is 18.2 Å². The summed E-state index contributed by atoms with van der Waals surface area (Å²) >= 11 is 0. The summed E-state index contributed by atoms with van der Waals surface area (Å²) in [5, 5.41) is 11.7. The van der Waals surface area contributed by atoms with Gasteiger partial charge in [-0.25, -0.2) is 0 Å². The van der Waals surface area contributed by atoms with Crippen LogP contribution in [0.4, 0.5) is 5.69 Å². The van der Waals surface area contributed by atoms with Gasteiger partial charge < -0.3 is 20.9 Å². The standard InChI is InChI=1S/C14H18N2O4/c1-20-9-3-4-10(11(15)7-9)13(19)16-14(5-2-6-14)8-12(17)18/h3-4,7H,2,5-6,8,15H2,1H3,(H,16,19)(H,17,18). The van der Waals surface area contributed by atoms with Crippen molar-refractivity contribution in [2.45, 2.75) is 31.2 Å². The molecule has 0 bridgehead atoms. The molecular weight excluding hydrogens is 260 g/mol. The maximum absolute atomic E-state index is 12.2. The molecule has 0 aromatic heterocycles. The lowest BCUT2D eigenvalue weighted by molar-refractivity contribution is -0.139. The highest BCUT2D eigenvalue weighted by Gasteiger charge is 2.40. The number of carboxylic acid groups (broad SMARTS) is 1. The highest BCUT2D eigenvalue weighted by Crippen LogP contribution is 2.35. The van der Waals surface area contributed by atoms with Crippen LogP contribution in [0.1, 0.15) is 36.0 Å². The second kappa shape index (κ2) is 5.40. The third-order valence-corrected chi connectivity index (χ3v) is 3.68. The number of nitrogens with two attached hydrogens (primary N) is 1. The number of carboxylic acids is 1. The fourth-order valence-corrected chi connectivity index (χ4v) is 2.42. The molecule has 1 aromatic rings. The minimum atomic E-state index is -0.910. The Bertz CT molecular complexity index is 538. The third kappa shape index (κ3) is 2.84. The molecule has 0 heterocycles. The van der Waals surface area contributed by atoms with E-state index in [1.165, 1.54) is 7.11 Å². The van der Waals surface area contributed by atoms with Crippen LogP contribution in [0, 0.1) is 0 Å². The van der Waals surface area contributed by atoms with E-state index in [1.807, 2.05) is 0 Å². The van der Waals surface area contributed by atoms with Crippen LogP contribution in [0.5, 0.6) is 5.75 Å². The maximum atomic E-state index is 12.2. The van der Waals surface area contributed by atoms with Crippen LogP contribution >= 0.6 is 0 Å². The van der Waals surface area contributed by atoms with Crippen LogP contribution in [-0.2, 0) is 4.79 Å². The number of aliphatic carboxylic acids is 1. The lowest BCUT2D eigenvalue weighted by Gasteiger charge is -2.41. The zero-order chi connectivity index (χ0) is 14.8. The Labute approximate surface area is 116 Å². The van der Waals surface area contributed by atoms with Crippen molar-refractivity contribution >= 4 is 17.6 Å². The minimum absolute atomic E-state index is 0.0607. The molecule has 0 aliphatic heterocycles. The van der Waals surface area contributed by atoms with Crippen molar-refractivity contribution in [1.29, 1.82) is 0 Å². The van der Waals surface area contributed by atoms with Crippen molar-refractivity contribution in [1.82, 2.24) is 5.32 Å². The number of nitrogens with one attached hydrogen (secondary N) is 1. The van der Waals surface area contributed by atoms with Crippen molar-refractivity contribution < 1.29 is 19.4 Å². The van der Waals surface area contributed by atoms with Crippen LogP contribution in [0.3, 0.4) is 0 Å². The van der Waals surface area contributed by atoms with Gasteiger partial charge in [0, 0.05) is 11.8 Å². The van der Waals surface area contributed by atoms with Crippen molar-refractivity contribution in [2.75, 3.05) is 12.8 Å². The van der Waals surface area contributed by atoms with Crippen molar-refractivity contribution in [3.05, 3.63) is 23.8 Å². The average Bonchev–Trinajstić information content (AvgIpc) is 2.35. The quantitative estimate of drug-likeness (QED) is 0.707. The van der Waals surface area contributed by atoms with Crippen molar-refractivity contribution in [3.63, 3.8) is 0 Å². The van der Waals surface area contributed by atoms with Crippen LogP contribution < -0.4 is 15.8 Å². The van der Waals surface area contributed by atoms with Crippen molar-refractivity contribution in [2.24, 2.45) is 0 Å². The summed E-state index contributed by atoms with van der Waals surface area (Å²) in [5.41, 5.74) is 5.84. The molecule has 0 atom stereocenters. The van der Waals surface area contributed by atoms with Gasteiger partial charge in [-0.2, -0.15) is 0 Å². The molecule has 1 saturated carbocycles. The highest BCUT2D eigenvalue weighted by atomic mass is 16.5. The second-order valence-electron chi connectivity index (χ2n) is 5.11. The lowest BCUT2D eigenvalue weighted by Crippen LogP contribution is -2.54. The number of anilines is 1. The largest absolute Gasteiger partial charge is 0.497 e. The highest BCUT2D eigenvalue weighted by molar-refractivity contribution is 6.00. The van der Waals surface area contributed by atoms with Crippen LogP contribution in [0.2, 0.25) is 0 Å². The van der Waals surface area contributed by atoms with Gasteiger partial charge in [0.05, 0.1) is 24.6 Å². The minimum Gasteiger partial charge on any atom is -0.497 e. The zero-order valence-corrected chi connectivity index (χ0v) is 11.3. The first kappa shape index (κ1) is 14.2. The number of carbonyl (C=O) groups excluding carboxylic acids is 1. The first-order chi connectivity index (χ1) is 9.46. The molecule has 6 nitrogen and oxygen atoms in total. The van der Waals surface area contributed by atoms with Gasteiger partial charge in [-0.1, -0.05) is 0 Å². The van der Waals surface area contributed by atoms with Gasteiger partial charge in [0.2, 0.25) is 0 Å². The topological polar surface area (TPSA) is 102 Å². The number of carbonyl (C=O) groups is 2. The molecule has 20 heavy (non-hydrogen) atoms. The Hall–Kier alpha value is -2.24. The first-order valence-corrected chi connectivity index (χ1v) is 6.44. The van der Waals surface area contributed by atoms with Gasteiger partial charge in [-0.3, -0.25) is 9.59 Å². The molecule has 2 rings (SSSR count). The summed E-state index contributed by atoms with van der Waals surface area (Å²) in [7, 11) is 1.52. The molecule has 1 fully saturated rings. The average molecular weight is 278 g/mol. The van der Waals surface area contributed by atoms with Crippen LogP contribution in [-0.4, -0.2) is 29.6 Å². The number of methoxy groups -OCH3 is 1. The fraction of sp³-hybridized carbons (Fsp3) is 0.429. The smallest absolute Gasteiger partial charge is 0.305 e. The Balaban J connectivity index is 2.13. The Morgan fingerprint density at radius 1 is 1.45 bits per heavy atom. The summed E-state index contributed by atoms with van der Waals surface area (Å²) in [4.78, 5) is 23.1. The van der Waals surface area contributed by atoms with Gasteiger partial charge >= 0.3 is 5.97 Å². The van der Waals surface area contributed by atoms with Gasteiger partial charge in [-0.05, 0) is 31.4 Å². The predicted molar refractivity (Wildman–Crippen MR) is 73.7 cm³/mol. The molecule has 6 heteroatoms. The molecule has 108 valence electrons. The summed E-state index contributed by atoms with van der Waals surface area (Å²) in [6, 6.07) is 4.80. The SMILES string of the molecule is COc1ccc(C(=O)NC2(CC(=O)O)CCC2)c(N)c1. The van der Waals surface area contributed by atoms with Gasteiger partial charge in [0.15, 0.2) is 0 Å².